The molecule has 0 heterocycles. The summed E-state index contributed by atoms with van der Waals surface area (Å²) in [5.74, 6) is 0. The minimum absolute atomic E-state index is 0.509. The second-order valence-corrected chi connectivity index (χ2v) is 2.84. The van der Waals surface area contributed by atoms with E-state index >= 15 is 0 Å². The number of nitrogens with zero attached hydrogens (tertiary/aromatic N) is 1. The Labute approximate surface area is 70.6 Å². The molecule has 0 aromatic heterocycles. The fourth-order valence-electron chi connectivity index (χ4n) is 1.23. The largest absolute Gasteiger partial charge is 0.387 e. The Morgan fingerprint density at radius 1 is 1.67 bits per heavy atom. The third-order valence-corrected chi connectivity index (χ3v) is 1.85. The first kappa shape index (κ1) is 8.99. The van der Waals surface area contributed by atoms with Crippen molar-refractivity contribution in [3.63, 3.8) is 0 Å². The summed E-state index contributed by atoms with van der Waals surface area (Å²) in [7, 11) is 0. The molecule has 5 nitrogen and oxygen atoms in total. The van der Waals surface area contributed by atoms with Crippen LogP contribution < -0.4 is 11.2 Å². The average molecular weight is 171 g/mol. The van der Waals surface area contributed by atoms with Gasteiger partial charge in [0.05, 0.1) is 11.8 Å². The van der Waals surface area contributed by atoms with Crippen LogP contribution in [0, 0.1) is 0 Å². The van der Waals surface area contributed by atoms with Gasteiger partial charge in [-0.1, -0.05) is 6.42 Å². The minimum Gasteiger partial charge on any atom is -0.387 e. The standard InChI is InChI=1S/C7H13N3O2/c8-7(12)10-9-5-3-1-2-4-6(5)11/h6,11H,1-4H2,(H3,8,10,12)/b9-5-. The lowest BCUT2D eigenvalue weighted by Crippen LogP contribution is -2.31. The number of hydrazone groups is 1. The summed E-state index contributed by atoms with van der Waals surface area (Å²) >= 11 is 0. The van der Waals surface area contributed by atoms with Gasteiger partial charge in [-0.25, -0.2) is 10.2 Å². The van der Waals surface area contributed by atoms with Crippen molar-refractivity contribution < 1.29 is 9.90 Å². The number of nitrogens with one attached hydrogen (secondary N) is 1. The normalized spacial score (nSPS) is 27.1. The van der Waals surface area contributed by atoms with Crippen LogP contribution in [0.15, 0.2) is 5.10 Å². The molecule has 0 radical (unpaired) electrons. The molecule has 0 aromatic rings. The zero-order valence-electron chi connectivity index (χ0n) is 6.79. The van der Waals surface area contributed by atoms with E-state index in [4.69, 9.17) is 5.73 Å². The van der Waals surface area contributed by atoms with E-state index in [0.717, 1.165) is 25.7 Å². The van der Waals surface area contributed by atoms with E-state index in [1.54, 1.807) is 0 Å². The monoisotopic (exact) mass is 171 g/mol. The summed E-state index contributed by atoms with van der Waals surface area (Å²) in [5, 5.41) is 13.1. The van der Waals surface area contributed by atoms with E-state index in [0.29, 0.717) is 5.71 Å². The van der Waals surface area contributed by atoms with E-state index in [9.17, 15) is 9.90 Å². The number of urea groups is 1. The van der Waals surface area contributed by atoms with Crippen molar-refractivity contribution in [2.24, 2.45) is 10.8 Å². The van der Waals surface area contributed by atoms with E-state index in [1.807, 2.05) is 0 Å². The fraction of sp³-hybridized carbons (Fsp3) is 0.714. The highest BCUT2D eigenvalue weighted by Crippen LogP contribution is 2.14. The number of carbonyl (C=O) groups excluding carboxylic acids is 1. The molecule has 0 bridgehead atoms. The zero-order chi connectivity index (χ0) is 8.97. The number of hydrogen-bond acceptors (Lipinski definition) is 3. The Kier molecular flexibility index (Phi) is 3.04. The zero-order valence-corrected chi connectivity index (χ0v) is 6.79. The molecule has 0 saturated heterocycles. The first-order valence-corrected chi connectivity index (χ1v) is 4.00. The van der Waals surface area contributed by atoms with Gasteiger partial charge in [-0.3, -0.25) is 0 Å². The molecule has 0 spiro atoms. The Morgan fingerprint density at radius 2 is 2.42 bits per heavy atom. The second kappa shape index (κ2) is 4.06. The van der Waals surface area contributed by atoms with Crippen molar-refractivity contribution in [2.75, 3.05) is 0 Å². The second-order valence-electron chi connectivity index (χ2n) is 2.84. The Morgan fingerprint density at radius 3 is 3.00 bits per heavy atom. The Bertz CT molecular complexity index is 203. The first-order valence-electron chi connectivity index (χ1n) is 4.00. The summed E-state index contributed by atoms with van der Waals surface area (Å²) < 4.78 is 0. The van der Waals surface area contributed by atoms with Gasteiger partial charge in [0.1, 0.15) is 0 Å². The molecule has 68 valence electrons. The maximum absolute atomic E-state index is 10.3. The number of aliphatic hydroxyl groups is 1. The van der Waals surface area contributed by atoms with Crippen LogP contribution in [-0.2, 0) is 0 Å². The predicted molar refractivity (Wildman–Crippen MR) is 44.6 cm³/mol. The molecule has 1 saturated carbocycles. The summed E-state index contributed by atoms with van der Waals surface area (Å²) in [6.45, 7) is 0. The van der Waals surface area contributed by atoms with Crippen molar-refractivity contribution in [1.82, 2.24) is 5.43 Å². The first-order chi connectivity index (χ1) is 5.70. The van der Waals surface area contributed by atoms with Crippen LogP contribution in [0.4, 0.5) is 4.79 Å². The topological polar surface area (TPSA) is 87.7 Å². The molecule has 0 aliphatic heterocycles. The van der Waals surface area contributed by atoms with Crippen LogP contribution in [0.5, 0.6) is 0 Å². The van der Waals surface area contributed by atoms with Crippen LogP contribution in [-0.4, -0.2) is 23.0 Å². The molecule has 1 rings (SSSR count). The molecule has 0 aromatic carbocycles. The lowest BCUT2D eigenvalue weighted by atomic mass is 9.96. The van der Waals surface area contributed by atoms with Gasteiger partial charge < -0.3 is 10.8 Å². The van der Waals surface area contributed by atoms with Gasteiger partial charge >= 0.3 is 6.03 Å². The smallest absolute Gasteiger partial charge is 0.332 e. The van der Waals surface area contributed by atoms with Crippen molar-refractivity contribution >= 4 is 11.7 Å². The molecule has 1 unspecified atom stereocenters. The summed E-state index contributed by atoms with van der Waals surface area (Å²) in [6, 6.07) is -0.694. The van der Waals surface area contributed by atoms with Gasteiger partial charge in [0.15, 0.2) is 0 Å². The SMILES string of the molecule is NC(=O)N/N=C1/CCCCC1O. The lowest BCUT2D eigenvalue weighted by molar-refractivity contribution is 0.213. The van der Waals surface area contributed by atoms with E-state index in [2.05, 4.69) is 10.5 Å². The van der Waals surface area contributed by atoms with Crippen LogP contribution in [0.2, 0.25) is 0 Å². The third kappa shape index (κ3) is 2.50. The number of primary amides is 1. The minimum atomic E-state index is -0.694. The number of aliphatic hydroxyl groups excluding tert-OH is 1. The van der Waals surface area contributed by atoms with E-state index < -0.39 is 12.1 Å². The van der Waals surface area contributed by atoms with Gasteiger partial charge in [0.25, 0.3) is 0 Å². The van der Waals surface area contributed by atoms with Crippen LogP contribution in [0.25, 0.3) is 0 Å². The molecular weight excluding hydrogens is 158 g/mol. The number of hydrogen-bond donors (Lipinski definition) is 3. The van der Waals surface area contributed by atoms with Gasteiger partial charge in [-0.05, 0) is 19.3 Å². The molecule has 1 aliphatic rings. The maximum atomic E-state index is 10.3. The molecule has 2 amide bonds. The number of nitrogens with two attached hydrogens (primary N) is 1. The van der Waals surface area contributed by atoms with Crippen LogP contribution in [0.1, 0.15) is 25.7 Å². The number of amides is 2. The Hall–Kier alpha value is -1.10. The Balaban J connectivity index is 2.47. The molecule has 12 heavy (non-hydrogen) atoms. The van der Waals surface area contributed by atoms with Crippen molar-refractivity contribution in [2.45, 2.75) is 31.8 Å². The van der Waals surface area contributed by atoms with Gasteiger partial charge in [-0.15, -0.1) is 0 Å². The fourth-order valence-corrected chi connectivity index (χ4v) is 1.23. The van der Waals surface area contributed by atoms with Gasteiger partial charge in [0, 0.05) is 0 Å². The number of carbonyl (C=O) groups is 1. The highest BCUT2D eigenvalue weighted by Gasteiger charge is 2.17. The molecule has 1 atom stereocenters. The highest BCUT2D eigenvalue weighted by molar-refractivity contribution is 5.90. The molecular formula is C7H13N3O2. The summed E-state index contributed by atoms with van der Waals surface area (Å²) in [6.07, 6.45) is 2.97. The maximum Gasteiger partial charge on any atom is 0.332 e. The average Bonchev–Trinajstić information content (AvgIpc) is 2.03. The summed E-state index contributed by atoms with van der Waals surface area (Å²) in [4.78, 5) is 10.3. The van der Waals surface area contributed by atoms with Crippen molar-refractivity contribution in [3.05, 3.63) is 0 Å². The molecule has 4 N–H and O–H groups in total. The highest BCUT2D eigenvalue weighted by atomic mass is 16.3. The van der Waals surface area contributed by atoms with Gasteiger partial charge in [0.2, 0.25) is 0 Å². The molecule has 5 heteroatoms. The quantitative estimate of drug-likeness (QED) is 0.483. The van der Waals surface area contributed by atoms with Gasteiger partial charge in [-0.2, -0.15) is 5.10 Å². The predicted octanol–water partition coefficient (Wildman–Crippen LogP) is -0.0544. The lowest BCUT2D eigenvalue weighted by Gasteiger charge is -2.18. The third-order valence-electron chi connectivity index (χ3n) is 1.85. The molecule has 1 fully saturated rings. The van der Waals surface area contributed by atoms with Crippen molar-refractivity contribution in [3.8, 4) is 0 Å². The van der Waals surface area contributed by atoms with Crippen molar-refractivity contribution in [1.29, 1.82) is 0 Å². The van der Waals surface area contributed by atoms with Crippen LogP contribution in [0.3, 0.4) is 0 Å². The summed E-state index contributed by atoms with van der Waals surface area (Å²) in [5.41, 5.74) is 7.55. The number of rotatable bonds is 1. The van der Waals surface area contributed by atoms with E-state index in [-0.39, 0.29) is 0 Å². The van der Waals surface area contributed by atoms with Crippen LogP contribution >= 0.6 is 0 Å². The van der Waals surface area contributed by atoms with E-state index in [1.165, 1.54) is 0 Å². The molecule has 1 aliphatic carbocycles.